The van der Waals surface area contributed by atoms with Crippen LogP contribution in [0, 0.1) is 0 Å². The van der Waals surface area contributed by atoms with Crippen molar-refractivity contribution in [2.45, 2.75) is 148 Å². The topological polar surface area (TPSA) is 280 Å². The molecular formula is C47H68N8O12. The van der Waals surface area contributed by atoms with Gasteiger partial charge in [0.1, 0.15) is 59.7 Å². The Kier molecular flexibility index (Phi) is 20.6. The van der Waals surface area contributed by atoms with Gasteiger partial charge in [0.15, 0.2) is 0 Å². The van der Waals surface area contributed by atoms with Gasteiger partial charge in [0.2, 0.25) is 41.4 Å². The molecule has 20 nitrogen and oxygen atoms in total. The fraction of sp³-hybridized carbons (Fsp3) is 0.553. The van der Waals surface area contributed by atoms with Crippen molar-refractivity contribution in [3.8, 4) is 5.75 Å². The summed E-state index contributed by atoms with van der Waals surface area (Å²) in [5.74, 6) is -5.28. The molecule has 0 bridgehead atoms. The summed E-state index contributed by atoms with van der Waals surface area (Å²) in [7, 11) is 0. The van der Waals surface area contributed by atoms with Crippen LogP contribution >= 0.6 is 0 Å². The highest BCUT2D eigenvalue weighted by Crippen LogP contribution is 2.23. The third kappa shape index (κ3) is 19.7. The molecule has 1 saturated heterocycles. The molecule has 8 amide bonds. The van der Waals surface area contributed by atoms with Gasteiger partial charge in [-0.1, -0.05) is 42.5 Å². The SMILES string of the molecule is CC(=O)N[C@@H](Cc1ccccc1)C(=O)N[C@@H](Cc1ccc(OC(C)(C)C)cc1)C(=O)N1CCC[C@H]1C(=O)N[C@@H](C)C(=O)N[C@@H](C)C(=O)N[C@@H](CCCNC(=O)OC(C)(C)C)C(=O)NCC(=O)O. The smallest absolute Gasteiger partial charge is 0.407 e. The van der Waals surface area contributed by atoms with Gasteiger partial charge in [-0.15, -0.1) is 0 Å². The lowest BCUT2D eigenvalue weighted by Crippen LogP contribution is -2.59. The number of benzene rings is 2. The number of carbonyl (C=O) groups excluding carboxylic acids is 8. The molecule has 0 unspecified atom stereocenters. The van der Waals surface area contributed by atoms with Crippen molar-refractivity contribution in [1.82, 2.24) is 42.1 Å². The first-order valence-corrected chi connectivity index (χ1v) is 22.4. The van der Waals surface area contributed by atoms with Gasteiger partial charge < -0.3 is 56.7 Å². The van der Waals surface area contributed by atoms with Crippen molar-refractivity contribution < 1.29 is 57.7 Å². The van der Waals surface area contributed by atoms with E-state index in [9.17, 15) is 43.2 Å². The number of carboxylic acids is 1. The summed E-state index contributed by atoms with van der Waals surface area (Å²) in [5, 5.41) is 27.0. The molecule has 1 aliphatic rings. The van der Waals surface area contributed by atoms with E-state index >= 15 is 0 Å². The highest BCUT2D eigenvalue weighted by molar-refractivity contribution is 5.97. The molecule has 6 atom stereocenters. The van der Waals surface area contributed by atoms with Crippen LogP contribution < -0.4 is 42.0 Å². The van der Waals surface area contributed by atoms with Crippen LogP contribution in [0.5, 0.6) is 5.75 Å². The zero-order valence-corrected chi connectivity index (χ0v) is 39.9. The summed E-state index contributed by atoms with van der Waals surface area (Å²) in [6, 6.07) is 9.28. The van der Waals surface area contributed by atoms with Gasteiger partial charge in [-0.05, 0) is 104 Å². The van der Waals surface area contributed by atoms with Crippen molar-refractivity contribution in [3.63, 3.8) is 0 Å². The second-order valence-electron chi connectivity index (χ2n) is 18.5. The number of alkyl carbamates (subject to hydrolysis) is 1. The van der Waals surface area contributed by atoms with E-state index in [1.165, 1.54) is 25.7 Å². The fourth-order valence-corrected chi connectivity index (χ4v) is 7.00. The first kappa shape index (κ1) is 54.6. The Morgan fingerprint density at radius 3 is 1.87 bits per heavy atom. The molecule has 2 aromatic carbocycles. The van der Waals surface area contributed by atoms with Crippen LogP contribution in [0.4, 0.5) is 4.79 Å². The Labute approximate surface area is 391 Å². The van der Waals surface area contributed by atoms with Gasteiger partial charge in [0.25, 0.3) is 0 Å². The number of likely N-dealkylation sites (tertiary alicyclic amines) is 1. The molecule has 2 aromatic rings. The number of amides is 8. The summed E-state index contributed by atoms with van der Waals surface area (Å²) < 4.78 is 11.1. The Morgan fingerprint density at radius 2 is 1.27 bits per heavy atom. The number of ether oxygens (including phenoxy) is 2. The van der Waals surface area contributed by atoms with Crippen LogP contribution in [0.15, 0.2) is 54.6 Å². The van der Waals surface area contributed by atoms with Crippen LogP contribution in [-0.2, 0) is 55.9 Å². The standard InChI is InChI=1S/C47H68N8O12/c1-28(39(59)50-29(2)40(60)53-34(41(61)49-27-38(57)58)17-13-23-48-45(65)67-47(7,8)9)51-43(63)37-18-14-24-55(37)44(64)36(26-32-19-21-33(22-20-32)66-46(4,5)6)54-42(62)35(52-30(3)56)25-31-15-11-10-12-16-31/h10-12,15-16,19-22,28-29,34-37H,13-14,17-18,23-27H2,1-9H3,(H,48,65)(H,49,61)(H,50,59)(H,51,63)(H,52,56)(H,53,60)(H,54,62)(H,57,58)/t28-,29-,34-,35-,36-,37-/m0/s1. The lowest BCUT2D eigenvalue weighted by atomic mass is 10.0. The van der Waals surface area contributed by atoms with Crippen molar-refractivity contribution in [1.29, 1.82) is 0 Å². The first-order valence-electron chi connectivity index (χ1n) is 22.4. The number of carboxylic acid groups (broad SMARTS) is 1. The summed E-state index contributed by atoms with van der Waals surface area (Å²) in [6.07, 6.45) is 0.384. The molecular weight excluding hydrogens is 869 g/mol. The van der Waals surface area contributed by atoms with Gasteiger partial charge >= 0.3 is 12.1 Å². The van der Waals surface area contributed by atoms with Gasteiger partial charge in [0, 0.05) is 32.9 Å². The third-order valence-corrected chi connectivity index (χ3v) is 10.1. The molecule has 1 aliphatic heterocycles. The third-order valence-electron chi connectivity index (χ3n) is 10.1. The largest absolute Gasteiger partial charge is 0.488 e. The second-order valence-corrected chi connectivity index (χ2v) is 18.5. The van der Waals surface area contributed by atoms with E-state index < -0.39 is 107 Å². The molecule has 0 aromatic heterocycles. The molecule has 368 valence electrons. The predicted molar refractivity (Wildman–Crippen MR) is 246 cm³/mol. The summed E-state index contributed by atoms with van der Waals surface area (Å²) in [5.41, 5.74) is 0.274. The molecule has 0 aliphatic carbocycles. The maximum absolute atomic E-state index is 14.5. The lowest BCUT2D eigenvalue weighted by molar-refractivity contribution is -0.142. The molecule has 20 heteroatoms. The van der Waals surface area contributed by atoms with Gasteiger partial charge in [0.05, 0.1) is 0 Å². The number of nitrogens with one attached hydrogen (secondary N) is 7. The zero-order valence-electron chi connectivity index (χ0n) is 39.9. The fourth-order valence-electron chi connectivity index (χ4n) is 7.00. The van der Waals surface area contributed by atoms with E-state index in [0.717, 1.165) is 5.56 Å². The van der Waals surface area contributed by atoms with Crippen LogP contribution in [0.1, 0.15) is 99.1 Å². The minimum Gasteiger partial charge on any atom is -0.488 e. The Morgan fingerprint density at radius 1 is 0.687 bits per heavy atom. The molecule has 67 heavy (non-hydrogen) atoms. The Hall–Kier alpha value is -6.73. The lowest BCUT2D eigenvalue weighted by Gasteiger charge is -2.30. The van der Waals surface area contributed by atoms with Crippen LogP contribution in [-0.4, -0.2) is 131 Å². The molecule has 0 spiro atoms. The number of rotatable bonds is 22. The monoisotopic (exact) mass is 936 g/mol. The van der Waals surface area contributed by atoms with E-state index in [2.05, 4.69) is 37.2 Å². The minimum absolute atomic E-state index is 0.0104. The van der Waals surface area contributed by atoms with Crippen molar-refractivity contribution in [3.05, 3.63) is 65.7 Å². The summed E-state index contributed by atoms with van der Waals surface area (Å²) in [4.78, 5) is 118. The number of nitrogens with zero attached hydrogens (tertiary/aromatic N) is 1. The minimum atomic E-state index is -1.31. The normalized spacial score (nSPS) is 15.8. The average molecular weight is 937 g/mol. The van der Waals surface area contributed by atoms with Gasteiger partial charge in [-0.2, -0.15) is 0 Å². The van der Waals surface area contributed by atoms with Crippen molar-refractivity contribution in [2.75, 3.05) is 19.6 Å². The van der Waals surface area contributed by atoms with Crippen molar-refractivity contribution >= 4 is 53.4 Å². The van der Waals surface area contributed by atoms with Gasteiger partial charge in [-0.25, -0.2) is 4.79 Å². The quantitative estimate of drug-likeness (QED) is 0.0783. The summed E-state index contributed by atoms with van der Waals surface area (Å²) in [6.45, 7) is 14.4. The van der Waals surface area contributed by atoms with Crippen molar-refractivity contribution in [2.24, 2.45) is 0 Å². The number of carbonyl (C=O) groups is 9. The molecule has 1 heterocycles. The van der Waals surface area contributed by atoms with E-state index in [0.29, 0.717) is 17.7 Å². The Balaban J connectivity index is 1.72. The number of hydrogen-bond donors (Lipinski definition) is 8. The first-order chi connectivity index (χ1) is 31.3. The van der Waals surface area contributed by atoms with E-state index in [1.807, 2.05) is 51.1 Å². The van der Waals surface area contributed by atoms with E-state index in [-0.39, 0.29) is 45.2 Å². The number of hydrogen-bond acceptors (Lipinski definition) is 11. The van der Waals surface area contributed by atoms with Crippen LogP contribution in [0.2, 0.25) is 0 Å². The molecule has 0 radical (unpaired) electrons. The predicted octanol–water partition coefficient (Wildman–Crippen LogP) is 1.63. The van der Waals surface area contributed by atoms with Crippen LogP contribution in [0.3, 0.4) is 0 Å². The molecule has 1 fully saturated rings. The number of aliphatic carboxylic acids is 1. The molecule has 8 N–H and O–H groups in total. The Bertz CT molecular complexity index is 2050. The maximum Gasteiger partial charge on any atom is 0.407 e. The summed E-state index contributed by atoms with van der Waals surface area (Å²) >= 11 is 0. The second kappa shape index (κ2) is 25.3. The van der Waals surface area contributed by atoms with E-state index in [1.54, 1.807) is 45.0 Å². The van der Waals surface area contributed by atoms with E-state index in [4.69, 9.17) is 14.6 Å². The highest BCUT2D eigenvalue weighted by Gasteiger charge is 2.39. The zero-order chi connectivity index (χ0) is 50.1. The van der Waals surface area contributed by atoms with Gasteiger partial charge in [-0.3, -0.25) is 38.4 Å². The maximum atomic E-state index is 14.5. The average Bonchev–Trinajstić information content (AvgIpc) is 3.73. The van der Waals surface area contributed by atoms with Crippen LogP contribution in [0.25, 0.3) is 0 Å². The highest BCUT2D eigenvalue weighted by atomic mass is 16.6. The molecule has 3 rings (SSSR count). The molecule has 0 saturated carbocycles.